The van der Waals surface area contributed by atoms with E-state index < -0.39 is 0 Å². The molecule has 1 aliphatic heterocycles. The summed E-state index contributed by atoms with van der Waals surface area (Å²) in [4.78, 5) is 15.9. The molecule has 1 aromatic rings. The fourth-order valence-corrected chi connectivity index (χ4v) is 3.09. The van der Waals surface area contributed by atoms with Gasteiger partial charge in [-0.25, -0.2) is 0 Å². The first-order valence-corrected chi connectivity index (χ1v) is 8.13. The quantitative estimate of drug-likeness (QED) is 0.648. The Balaban J connectivity index is 2.13. The van der Waals surface area contributed by atoms with Gasteiger partial charge in [-0.15, -0.1) is 0 Å². The van der Waals surface area contributed by atoms with Gasteiger partial charge in [0.25, 0.3) is 0 Å². The molecule has 0 amide bonds. The molecular formula is C19H26N2O2. The van der Waals surface area contributed by atoms with Gasteiger partial charge in [0, 0.05) is 12.3 Å². The highest BCUT2D eigenvalue weighted by Gasteiger charge is 2.18. The third-order valence-corrected chi connectivity index (χ3v) is 4.35. The fourth-order valence-electron chi connectivity index (χ4n) is 3.09. The normalized spacial score (nSPS) is 18.4. The standard InChI is InChI=1S/C19H26N2O2/c1-5-18(20-3)17-7-6-14(8-13(17)2)9-15-10-16(12-21-11-15)19(22)23-4/h6-8,10,12,16,18,20H,5,9,11H2,1-4H3. The van der Waals surface area contributed by atoms with E-state index in [-0.39, 0.29) is 11.9 Å². The monoisotopic (exact) mass is 314 g/mol. The smallest absolute Gasteiger partial charge is 0.317 e. The van der Waals surface area contributed by atoms with Crippen LogP contribution in [0.1, 0.15) is 36.1 Å². The van der Waals surface area contributed by atoms with Gasteiger partial charge in [-0.3, -0.25) is 9.79 Å². The van der Waals surface area contributed by atoms with Crippen LogP contribution in [0.15, 0.2) is 34.8 Å². The minimum atomic E-state index is -0.349. The number of methoxy groups -OCH3 is 1. The summed E-state index contributed by atoms with van der Waals surface area (Å²) in [5.74, 6) is -0.602. The van der Waals surface area contributed by atoms with Crippen molar-refractivity contribution < 1.29 is 9.53 Å². The third kappa shape index (κ3) is 4.29. The summed E-state index contributed by atoms with van der Waals surface area (Å²) in [5, 5.41) is 3.35. The molecule has 4 nitrogen and oxygen atoms in total. The highest BCUT2D eigenvalue weighted by atomic mass is 16.5. The van der Waals surface area contributed by atoms with E-state index >= 15 is 0 Å². The maximum Gasteiger partial charge on any atom is 0.317 e. The predicted molar refractivity (Wildman–Crippen MR) is 93.9 cm³/mol. The van der Waals surface area contributed by atoms with Crippen LogP contribution in [0, 0.1) is 12.8 Å². The zero-order valence-electron chi connectivity index (χ0n) is 14.4. The van der Waals surface area contributed by atoms with Crippen LogP contribution < -0.4 is 5.32 Å². The average molecular weight is 314 g/mol. The Hall–Kier alpha value is -1.94. The summed E-state index contributed by atoms with van der Waals surface area (Å²) < 4.78 is 4.79. The van der Waals surface area contributed by atoms with Crippen LogP contribution in [0.4, 0.5) is 0 Å². The maximum absolute atomic E-state index is 11.6. The number of hydrogen-bond donors (Lipinski definition) is 1. The van der Waals surface area contributed by atoms with Crippen LogP contribution in [0.3, 0.4) is 0 Å². The molecule has 1 aliphatic rings. The minimum absolute atomic E-state index is 0.253. The van der Waals surface area contributed by atoms with Gasteiger partial charge >= 0.3 is 5.97 Å². The second-order valence-corrected chi connectivity index (χ2v) is 5.98. The zero-order valence-corrected chi connectivity index (χ0v) is 14.4. The first-order valence-electron chi connectivity index (χ1n) is 8.13. The molecule has 23 heavy (non-hydrogen) atoms. The van der Waals surface area contributed by atoms with Crippen molar-refractivity contribution in [2.24, 2.45) is 10.9 Å². The first-order chi connectivity index (χ1) is 11.1. The molecule has 0 bridgehead atoms. The molecule has 0 aromatic heterocycles. The second kappa shape index (κ2) is 8.06. The van der Waals surface area contributed by atoms with Crippen LogP contribution in [0.25, 0.3) is 0 Å². The number of nitrogens with one attached hydrogen (secondary N) is 1. The molecular weight excluding hydrogens is 288 g/mol. The van der Waals surface area contributed by atoms with Crippen LogP contribution in [-0.4, -0.2) is 32.9 Å². The summed E-state index contributed by atoms with van der Waals surface area (Å²) in [6.07, 6.45) is 5.53. The molecule has 2 rings (SSSR count). The maximum atomic E-state index is 11.6. The van der Waals surface area contributed by atoms with Gasteiger partial charge in [0.2, 0.25) is 0 Å². The Morgan fingerprint density at radius 1 is 1.48 bits per heavy atom. The van der Waals surface area contributed by atoms with Crippen LogP contribution in [0.5, 0.6) is 0 Å². The number of benzene rings is 1. The lowest BCUT2D eigenvalue weighted by atomic mass is 9.93. The highest BCUT2D eigenvalue weighted by Crippen LogP contribution is 2.23. The van der Waals surface area contributed by atoms with E-state index in [1.54, 1.807) is 6.21 Å². The molecule has 0 fully saturated rings. The van der Waals surface area contributed by atoms with Crippen molar-refractivity contribution in [3.05, 3.63) is 46.5 Å². The number of aliphatic imine (C=N–C) groups is 1. The minimum Gasteiger partial charge on any atom is -0.468 e. The molecule has 0 aliphatic carbocycles. The van der Waals surface area contributed by atoms with E-state index in [1.807, 2.05) is 13.1 Å². The van der Waals surface area contributed by atoms with Gasteiger partial charge in [-0.2, -0.15) is 0 Å². The van der Waals surface area contributed by atoms with Crippen LogP contribution >= 0.6 is 0 Å². The van der Waals surface area contributed by atoms with E-state index in [1.165, 1.54) is 23.8 Å². The molecule has 4 heteroatoms. The summed E-state index contributed by atoms with van der Waals surface area (Å²) >= 11 is 0. The Labute approximate surface area is 138 Å². The van der Waals surface area contributed by atoms with Crippen LogP contribution in [0.2, 0.25) is 0 Å². The molecule has 124 valence electrons. The lowest BCUT2D eigenvalue weighted by Gasteiger charge is -2.19. The largest absolute Gasteiger partial charge is 0.468 e. The van der Waals surface area contributed by atoms with Gasteiger partial charge in [-0.1, -0.05) is 31.2 Å². The number of ether oxygens (including phenoxy) is 1. The lowest BCUT2D eigenvalue weighted by molar-refractivity contribution is -0.141. The van der Waals surface area contributed by atoms with Crippen molar-refractivity contribution in [2.75, 3.05) is 20.7 Å². The Morgan fingerprint density at radius 3 is 2.87 bits per heavy atom. The van der Waals surface area contributed by atoms with Crippen molar-refractivity contribution in [3.8, 4) is 0 Å². The fraction of sp³-hybridized carbons (Fsp3) is 0.474. The molecule has 1 aromatic carbocycles. The second-order valence-electron chi connectivity index (χ2n) is 5.98. The van der Waals surface area contributed by atoms with Gasteiger partial charge in [0.1, 0.15) is 5.92 Å². The third-order valence-electron chi connectivity index (χ3n) is 4.35. The molecule has 1 heterocycles. The number of aryl methyl sites for hydroxylation is 1. The summed E-state index contributed by atoms with van der Waals surface area (Å²) in [6.45, 7) is 5.00. The molecule has 2 unspecified atom stereocenters. The first kappa shape index (κ1) is 17.4. The summed E-state index contributed by atoms with van der Waals surface area (Å²) in [6, 6.07) is 7.02. The predicted octanol–water partition coefficient (Wildman–Crippen LogP) is 3.01. The van der Waals surface area contributed by atoms with E-state index in [0.717, 1.165) is 18.4 Å². The van der Waals surface area contributed by atoms with Gasteiger partial charge in [0.05, 0.1) is 13.7 Å². The van der Waals surface area contributed by atoms with E-state index in [2.05, 4.69) is 42.4 Å². The zero-order chi connectivity index (χ0) is 16.8. The number of rotatable bonds is 6. The number of carbonyl (C=O) groups excluding carboxylic acids is 1. The van der Waals surface area contributed by atoms with Crippen molar-refractivity contribution in [2.45, 2.75) is 32.7 Å². The van der Waals surface area contributed by atoms with Crippen molar-refractivity contribution in [1.29, 1.82) is 0 Å². The van der Waals surface area contributed by atoms with Crippen molar-refractivity contribution in [3.63, 3.8) is 0 Å². The Morgan fingerprint density at radius 2 is 2.26 bits per heavy atom. The van der Waals surface area contributed by atoms with Gasteiger partial charge in [-0.05, 0) is 49.1 Å². The lowest BCUT2D eigenvalue weighted by Crippen LogP contribution is -2.19. The number of nitrogens with zero attached hydrogens (tertiary/aromatic N) is 1. The summed E-state index contributed by atoms with van der Waals surface area (Å²) in [7, 11) is 3.41. The van der Waals surface area contributed by atoms with Gasteiger partial charge < -0.3 is 10.1 Å². The topological polar surface area (TPSA) is 50.7 Å². The molecule has 0 spiro atoms. The molecule has 2 atom stereocenters. The van der Waals surface area contributed by atoms with Crippen molar-refractivity contribution in [1.82, 2.24) is 5.32 Å². The highest BCUT2D eigenvalue weighted by molar-refractivity contribution is 5.92. The Kier molecular flexibility index (Phi) is 6.11. The Bertz CT molecular complexity index is 616. The summed E-state index contributed by atoms with van der Waals surface area (Å²) in [5.41, 5.74) is 5.06. The molecule has 0 radical (unpaired) electrons. The molecule has 0 saturated carbocycles. The number of hydrogen-bond acceptors (Lipinski definition) is 4. The number of carbonyl (C=O) groups is 1. The average Bonchev–Trinajstić information content (AvgIpc) is 2.57. The van der Waals surface area contributed by atoms with E-state index in [0.29, 0.717) is 12.6 Å². The SMILES string of the molecule is CCC(NC)c1ccc(CC2=CC(C(=O)OC)C=NC2)cc1C. The van der Waals surface area contributed by atoms with E-state index in [4.69, 9.17) is 4.74 Å². The number of esters is 1. The molecule has 1 N–H and O–H groups in total. The van der Waals surface area contributed by atoms with E-state index in [9.17, 15) is 4.79 Å². The van der Waals surface area contributed by atoms with Crippen molar-refractivity contribution >= 4 is 12.2 Å². The number of dihydropyridines is 1. The molecule has 0 saturated heterocycles. The van der Waals surface area contributed by atoms with Gasteiger partial charge in [0.15, 0.2) is 0 Å². The van der Waals surface area contributed by atoms with Crippen LogP contribution in [-0.2, 0) is 16.0 Å².